The van der Waals surface area contributed by atoms with E-state index in [1.54, 1.807) is 5.57 Å². The molecule has 0 N–H and O–H groups in total. The van der Waals surface area contributed by atoms with Crippen LogP contribution < -0.4 is 0 Å². The maximum Gasteiger partial charge on any atom is 0.338 e. The van der Waals surface area contributed by atoms with Crippen LogP contribution in [0.15, 0.2) is 65.8 Å². The highest BCUT2D eigenvalue weighted by atomic mass is 16.5. The van der Waals surface area contributed by atoms with E-state index < -0.39 is 0 Å². The fourth-order valence-corrected chi connectivity index (χ4v) is 8.47. The summed E-state index contributed by atoms with van der Waals surface area (Å²) in [5.41, 5.74) is 4.54. The molecule has 0 aromatic heterocycles. The Morgan fingerprint density at radius 1 is 0.919 bits per heavy atom. The van der Waals surface area contributed by atoms with Gasteiger partial charge in [0.2, 0.25) is 0 Å². The van der Waals surface area contributed by atoms with E-state index in [2.05, 4.69) is 65.8 Å². The Balaban J connectivity index is 1.31. The number of fused-ring (bicyclic) bond motifs is 5. The summed E-state index contributed by atoms with van der Waals surface area (Å²) in [5, 5.41) is 0. The average molecular weight is 501 g/mol. The minimum atomic E-state index is -0.182. The summed E-state index contributed by atoms with van der Waals surface area (Å²) < 4.78 is 5.98. The van der Waals surface area contributed by atoms with Gasteiger partial charge in [-0.15, -0.1) is 0 Å². The number of hydrogen-bond acceptors (Lipinski definition) is 2. The first kappa shape index (κ1) is 26.5. The Bertz CT molecular complexity index is 1080. The van der Waals surface area contributed by atoms with E-state index in [0.29, 0.717) is 34.7 Å². The Kier molecular flexibility index (Phi) is 7.33. The van der Waals surface area contributed by atoms with Crippen molar-refractivity contribution in [1.29, 1.82) is 0 Å². The summed E-state index contributed by atoms with van der Waals surface area (Å²) in [6.45, 7) is 14.6. The van der Waals surface area contributed by atoms with Gasteiger partial charge in [0.25, 0.3) is 0 Å². The fraction of sp³-hybridized carbons (Fsp3) is 0.629. The number of allylic oxidation sites excluding steroid dienone is 5. The maximum absolute atomic E-state index is 12.7. The van der Waals surface area contributed by atoms with Crippen molar-refractivity contribution in [3.8, 4) is 0 Å². The molecule has 3 fully saturated rings. The summed E-state index contributed by atoms with van der Waals surface area (Å²) >= 11 is 0. The van der Waals surface area contributed by atoms with Gasteiger partial charge in [-0.3, -0.25) is 0 Å². The summed E-state index contributed by atoms with van der Waals surface area (Å²) in [6.07, 6.45) is 18.3. The van der Waals surface area contributed by atoms with E-state index in [1.165, 1.54) is 31.3 Å². The first-order valence-electron chi connectivity index (χ1n) is 15.0. The Labute approximate surface area is 225 Å². The molecule has 1 aromatic carbocycles. The monoisotopic (exact) mass is 500 g/mol. The molecule has 0 spiro atoms. The summed E-state index contributed by atoms with van der Waals surface area (Å²) in [7, 11) is 0. The van der Waals surface area contributed by atoms with Crippen LogP contribution in [0.2, 0.25) is 0 Å². The van der Waals surface area contributed by atoms with E-state index in [1.807, 2.05) is 30.3 Å². The van der Waals surface area contributed by atoms with Gasteiger partial charge in [-0.2, -0.15) is 0 Å². The van der Waals surface area contributed by atoms with Crippen LogP contribution in [0, 0.1) is 46.3 Å². The SMILES string of the molecule is CC(C)[C@@H](C)/C=C/[C@@H](C)[C@H]1CCC2C3=CC=C4C[C@@H](OC(=O)c5ccccc5)CC[C@]4(C)C3CC[C@@]21C. The van der Waals surface area contributed by atoms with Gasteiger partial charge in [0, 0.05) is 6.42 Å². The molecule has 4 aliphatic rings. The Morgan fingerprint density at radius 2 is 1.68 bits per heavy atom. The van der Waals surface area contributed by atoms with E-state index in [-0.39, 0.29) is 17.5 Å². The van der Waals surface area contributed by atoms with Crippen LogP contribution in [0.4, 0.5) is 0 Å². The van der Waals surface area contributed by atoms with E-state index in [0.717, 1.165) is 31.1 Å². The van der Waals surface area contributed by atoms with Crippen molar-refractivity contribution in [2.75, 3.05) is 0 Å². The molecule has 0 heterocycles. The lowest BCUT2D eigenvalue weighted by Crippen LogP contribution is -2.46. The van der Waals surface area contributed by atoms with Gasteiger partial charge in [0.1, 0.15) is 6.10 Å². The van der Waals surface area contributed by atoms with Crippen LogP contribution in [-0.4, -0.2) is 12.1 Å². The van der Waals surface area contributed by atoms with Crippen LogP contribution in [0.1, 0.15) is 96.8 Å². The molecule has 0 bridgehead atoms. The third-order valence-electron chi connectivity index (χ3n) is 11.3. The number of rotatable bonds is 6. The fourth-order valence-electron chi connectivity index (χ4n) is 8.47. The average Bonchev–Trinajstić information content (AvgIpc) is 3.25. The van der Waals surface area contributed by atoms with Gasteiger partial charge < -0.3 is 4.74 Å². The number of benzene rings is 1. The third-order valence-corrected chi connectivity index (χ3v) is 11.3. The second kappa shape index (κ2) is 10.2. The van der Waals surface area contributed by atoms with Crippen molar-refractivity contribution in [3.05, 3.63) is 71.3 Å². The molecule has 1 aromatic rings. The summed E-state index contributed by atoms with van der Waals surface area (Å²) in [4.78, 5) is 12.7. The number of carbonyl (C=O) groups excluding carboxylic acids is 1. The van der Waals surface area contributed by atoms with Gasteiger partial charge in [-0.25, -0.2) is 4.79 Å². The van der Waals surface area contributed by atoms with Gasteiger partial charge in [-0.05, 0) is 97.0 Å². The minimum absolute atomic E-state index is 0.00688. The molecule has 0 aliphatic heterocycles. The van der Waals surface area contributed by atoms with Crippen LogP contribution >= 0.6 is 0 Å². The largest absolute Gasteiger partial charge is 0.458 e. The highest BCUT2D eigenvalue weighted by molar-refractivity contribution is 5.89. The van der Waals surface area contributed by atoms with Gasteiger partial charge in [-0.1, -0.05) is 95.2 Å². The zero-order chi connectivity index (χ0) is 26.4. The molecule has 0 radical (unpaired) electrons. The zero-order valence-electron chi connectivity index (χ0n) is 24.0. The first-order chi connectivity index (χ1) is 17.6. The van der Waals surface area contributed by atoms with Gasteiger partial charge in [0.15, 0.2) is 0 Å². The molecule has 200 valence electrons. The molecule has 0 saturated heterocycles. The van der Waals surface area contributed by atoms with Crippen LogP contribution in [0.5, 0.6) is 0 Å². The lowest BCUT2D eigenvalue weighted by atomic mass is 9.50. The van der Waals surface area contributed by atoms with Gasteiger partial charge >= 0.3 is 5.97 Å². The topological polar surface area (TPSA) is 26.3 Å². The van der Waals surface area contributed by atoms with Crippen molar-refractivity contribution < 1.29 is 9.53 Å². The smallest absolute Gasteiger partial charge is 0.338 e. The highest BCUT2D eigenvalue weighted by Crippen LogP contribution is 2.66. The molecule has 8 atom stereocenters. The molecular formula is C35H48O2. The van der Waals surface area contributed by atoms with E-state index >= 15 is 0 Å². The molecule has 2 heteroatoms. The Morgan fingerprint density at radius 3 is 2.41 bits per heavy atom. The normalized spacial score (nSPS) is 36.7. The molecule has 0 amide bonds. The van der Waals surface area contributed by atoms with Crippen molar-refractivity contribution >= 4 is 5.97 Å². The van der Waals surface area contributed by atoms with E-state index in [4.69, 9.17) is 4.74 Å². The zero-order valence-corrected chi connectivity index (χ0v) is 24.0. The van der Waals surface area contributed by atoms with Crippen LogP contribution in [-0.2, 0) is 4.74 Å². The van der Waals surface area contributed by atoms with Crippen molar-refractivity contribution in [1.82, 2.24) is 0 Å². The standard InChI is InChI=1S/C35H48O2/c1-23(2)24(3)12-13-25(4)30-16-17-31-29-15-14-27-22-28(37-33(36)26-10-8-7-9-11-26)18-20-34(27,5)32(29)19-21-35(30,31)6/h7-15,23-25,28,30-32H,16-22H2,1-6H3/b13-12+/t24-,25+,28-,30+,31?,32?,34-,35+/m0/s1. The van der Waals surface area contributed by atoms with Crippen molar-refractivity contribution in [2.24, 2.45) is 46.3 Å². The van der Waals surface area contributed by atoms with Crippen LogP contribution in [0.3, 0.4) is 0 Å². The quantitative estimate of drug-likeness (QED) is 0.287. The van der Waals surface area contributed by atoms with E-state index in [9.17, 15) is 4.79 Å². The van der Waals surface area contributed by atoms with Crippen LogP contribution in [0.25, 0.3) is 0 Å². The first-order valence-corrected chi connectivity index (χ1v) is 15.0. The molecule has 5 rings (SSSR count). The number of esters is 1. The summed E-state index contributed by atoms with van der Waals surface area (Å²) in [5.74, 6) is 3.97. The predicted octanol–water partition coefficient (Wildman–Crippen LogP) is 9.20. The van der Waals surface area contributed by atoms with Crippen molar-refractivity contribution in [2.45, 2.75) is 92.6 Å². The summed E-state index contributed by atoms with van der Waals surface area (Å²) in [6, 6.07) is 9.43. The molecule has 2 unspecified atom stereocenters. The Hall–Kier alpha value is -2.09. The molecule has 4 aliphatic carbocycles. The van der Waals surface area contributed by atoms with Crippen molar-refractivity contribution in [3.63, 3.8) is 0 Å². The molecular weight excluding hydrogens is 452 g/mol. The minimum Gasteiger partial charge on any atom is -0.458 e. The lowest BCUT2D eigenvalue weighted by molar-refractivity contribution is 0.00691. The number of ether oxygens (including phenoxy) is 1. The molecule has 37 heavy (non-hydrogen) atoms. The highest BCUT2D eigenvalue weighted by Gasteiger charge is 2.57. The lowest BCUT2D eigenvalue weighted by Gasteiger charge is -2.55. The second-order valence-electron chi connectivity index (χ2n) is 13.6. The molecule has 3 saturated carbocycles. The maximum atomic E-state index is 12.7. The number of carbonyl (C=O) groups is 1. The third kappa shape index (κ3) is 4.79. The van der Waals surface area contributed by atoms with Gasteiger partial charge in [0.05, 0.1) is 5.56 Å². The molecule has 2 nitrogen and oxygen atoms in total. The second-order valence-corrected chi connectivity index (χ2v) is 13.6. The number of hydrogen-bond donors (Lipinski definition) is 0. The predicted molar refractivity (Wildman–Crippen MR) is 153 cm³/mol.